The minimum atomic E-state index is -0.107. The van der Waals surface area contributed by atoms with Crippen LogP contribution in [-0.2, 0) is 11.8 Å². The average molecular weight is 700 g/mol. The van der Waals surface area contributed by atoms with Crippen molar-refractivity contribution in [1.29, 1.82) is 0 Å². The van der Waals surface area contributed by atoms with Crippen LogP contribution in [0.4, 0.5) is 17.1 Å². The van der Waals surface area contributed by atoms with Crippen LogP contribution in [-0.4, -0.2) is 6.71 Å². The summed E-state index contributed by atoms with van der Waals surface area (Å²) < 4.78 is 13.7. The molecule has 3 heterocycles. The summed E-state index contributed by atoms with van der Waals surface area (Å²) >= 11 is 0. The van der Waals surface area contributed by atoms with Gasteiger partial charge in [-0.25, -0.2) is 0 Å². The summed E-state index contributed by atoms with van der Waals surface area (Å²) in [5.74, 6) is 1.85. The SMILES string of the molecule is CCCCc1ccc2oc3ccccc3c2c1N1c2ccc(-c3ccccc3)cc2B2c3cc(-c4ccccc4)ccc3Oc3cc(C(C)(C)C)cc1c32. The fraction of sp³-hybridized carbons (Fsp3) is 0.160. The van der Waals surface area contributed by atoms with Crippen molar-refractivity contribution in [2.75, 3.05) is 4.90 Å². The van der Waals surface area contributed by atoms with Gasteiger partial charge in [0, 0.05) is 16.8 Å². The average Bonchev–Trinajstić information content (AvgIpc) is 3.59. The maximum absolute atomic E-state index is 7.06. The highest BCUT2D eigenvalue weighted by Crippen LogP contribution is 2.49. The van der Waals surface area contributed by atoms with Crippen LogP contribution in [0, 0.1) is 0 Å². The molecule has 10 rings (SSSR count). The lowest BCUT2D eigenvalue weighted by atomic mass is 9.34. The molecule has 0 atom stereocenters. The van der Waals surface area contributed by atoms with Crippen LogP contribution in [0.5, 0.6) is 11.5 Å². The number of fused-ring (bicyclic) bond motifs is 7. The molecule has 1 aromatic heterocycles. The van der Waals surface area contributed by atoms with Crippen molar-refractivity contribution in [3.05, 3.63) is 157 Å². The summed E-state index contributed by atoms with van der Waals surface area (Å²) in [4.78, 5) is 2.57. The van der Waals surface area contributed by atoms with Crippen molar-refractivity contribution in [2.45, 2.75) is 52.4 Å². The van der Waals surface area contributed by atoms with Gasteiger partial charge in [-0.15, -0.1) is 0 Å². The molecular formula is C50H42BNO2. The second-order valence-electron chi connectivity index (χ2n) is 15.9. The van der Waals surface area contributed by atoms with Gasteiger partial charge in [0.15, 0.2) is 0 Å². The van der Waals surface area contributed by atoms with E-state index in [2.05, 4.69) is 178 Å². The highest BCUT2D eigenvalue weighted by atomic mass is 16.5. The van der Waals surface area contributed by atoms with E-state index in [-0.39, 0.29) is 12.1 Å². The predicted molar refractivity (Wildman–Crippen MR) is 228 cm³/mol. The van der Waals surface area contributed by atoms with Gasteiger partial charge in [0.05, 0.1) is 11.1 Å². The molecule has 0 saturated heterocycles. The van der Waals surface area contributed by atoms with E-state index >= 15 is 0 Å². The van der Waals surface area contributed by atoms with E-state index in [0.29, 0.717) is 0 Å². The minimum Gasteiger partial charge on any atom is -0.458 e. The second kappa shape index (κ2) is 12.6. The van der Waals surface area contributed by atoms with Gasteiger partial charge in [-0.3, -0.25) is 0 Å². The van der Waals surface area contributed by atoms with Crippen LogP contribution in [0.3, 0.4) is 0 Å². The van der Waals surface area contributed by atoms with Crippen molar-refractivity contribution in [1.82, 2.24) is 0 Å². The van der Waals surface area contributed by atoms with Gasteiger partial charge in [-0.2, -0.15) is 0 Å². The van der Waals surface area contributed by atoms with Gasteiger partial charge in [-0.1, -0.05) is 143 Å². The van der Waals surface area contributed by atoms with E-state index < -0.39 is 0 Å². The maximum Gasteiger partial charge on any atom is 0.256 e. The van der Waals surface area contributed by atoms with Gasteiger partial charge in [-0.05, 0) is 104 Å². The summed E-state index contributed by atoms with van der Waals surface area (Å²) in [5.41, 5.74) is 16.3. The van der Waals surface area contributed by atoms with Crippen molar-refractivity contribution in [2.24, 2.45) is 0 Å². The van der Waals surface area contributed by atoms with E-state index in [1.54, 1.807) is 0 Å². The number of anilines is 3. The smallest absolute Gasteiger partial charge is 0.256 e. The lowest BCUT2D eigenvalue weighted by Gasteiger charge is -2.42. The number of nitrogens with zero attached hydrogens (tertiary/aromatic N) is 1. The summed E-state index contributed by atoms with van der Waals surface area (Å²) in [7, 11) is 0. The number of para-hydroxylation sites is 1. The summed E-state index contributed by atoms with van der Waals surface area (Å²) in [5, 5.41) is 2.30. The Bertz CT molecular complexity index is 2720. The standard InChI is InChI=1S/C50H42BNO2/c1-5-6-15-34-23-27-45-47(38-20-13-14-21-43(38)53-45)49(34)52-41-25-22-35(32-16-9-7-10-17-32)28-39(41)51-40-29-36(33-18-11-8-12-19-33)24-26-44(40)54-46-31-37(50(2,3)4)30-42(52)48(46)51/h7-14,16-31H,5-6,15H2,1-4H3. The molecule has 2 aliphatic rings. The van der Waals surface area contributed by atoms with E-state index in [1.807, 2.05) is 0 Å². The Morgan fingerprint density at radius 1 is 0.593 bits per heavy atom. The number of unbranched alkanes of at least 4 members (excludes halogenated alkanes) is 1. The quantitative estimate of drug-likeness (QED) is 0.162. The lowest BCUT2D eigenvalue weighted by molar-refractivity contribution is 0.483. The van der Waals surface area contributed by atoms with E-state index in [9.17, 15) is 0 Å². The molecule has 54 heavy (non-hydrogen) atoms. The van der Waals surface area contributed by atoms with Crippen LogP contribution in [0.15, 0.2) is 150 Å². The lowest BCUT2D eigenvalue weighted by Crippen LogP contribution is -2.59. The molecule has 0 aliphatic carbocycles. The highest BCUT2D eigenvalue weighted by molar-refractivity contribution is 6.99. The Balaban J connectivity index is 1.33. The molecule has 262 valence electrons. The first-order valence-corrected chi connectivity index (χ1v) is 19.4. The zero-order chi connectivity index (χ0) is 36.6. The molecule has 0 N–H and O–H groups in total. The molecule has 0 bridgehead atoms. The van der Waals surface area contributed by atoms with E-state index in [1.165, 1.54) is 66.8 Å². The fourth-order valence-corrected chi connectivity index (χ4v) is 8.72. The molecular weight excluding hydrogens is 657 g/mol. The Kier molecular flexibility index (Phi) is 7.59. The van der Waals surface area contributed by atoms with Gasteiger partial charge in [0.2, 0.25) is 0 Å². The summed E-state index contributed by atoms with van der Waals surface area (Å²) in [6, 6.07) is 53.1. The Morgan fingerprint density at radius 3 is 2.00 bits per heavy atom. The normalized spacial score (nSPS) is 13.1. The van der Waals surface area contributed by atoms with Crippen LogP contribution in [0.25, 0.3) is 44.2 Å². The van der Waals surface area contributed by atoms with Gasteiger partial charge >= 0.3 is 0 Å². The van der Waals surface area contributed by atoms with Crippen LogP contribution < -0.4 is 26.0 Å². The first-order chi connectivity index (χ1) is 26.4. The Morgan fingerprint density at radius 2 is 1.28 bits per heavy atom. The summed E-state index contributed by atoms with van der Waals surface area (Å²) in [6.07, 6.45) is 3.19. The number of hydrogen-bond donors (Lipinski definition) is 0. The largest absolute Gasteiger partial charge is 0.458 e. The molecule has 0 radical (unpaired) electrons. The van der Waals surface area contributed by atoms with Crippen molar-refractivity contribution in [3.63, 3.8) is 0 Å². The van der Waals surface area contributed by atoms with Gasteiger partial charge < -0.3 is 14.1 Å². The Hall–Kier alpha value is -6.00. The first kappa shape index (κ1) is 32.6. The number of aryl methyl sites for hydroxylation is 1. The molecule has 0 saturated carbocycles. The molecule has 2 aliphatic heterocycles. The number of ether oxygens (including phenoxy) is 1. The highest BCUT2D eigenvalue weighted by Gasteiger charge is 2.44. The number of furan rings is 1. The summed E-state index contributed by atoms with van der Waals surface area (Å²) in [6.45, 7) is 9.13. The molecule has 0 fully saturated rings. The number of benzene rings is 7. The van der Waals surface area contributed by atoms with Crippen molar-refractivity contribution >= 4 is 62.1 Å². The zero-order valence-electron chi connectivity index (χ0n) is 31.3. The first-order valence-electron chi connectivity index (χ1n) is 19.4. The maximum atomic E-state index is 7.06. The number of hydrogen-bond acceptors (Lipinski definition) is 3. The van der Waals surface area contributed by atoms with Gasteiger partial charge in [0.1, 0.15) is 22.7 Å². The van der Waals surface area contributed by atoms with Crippen molar-refractivity contribution < 1.29 is 9.15 Å². The molecule has 0 amide bonds. The van der Waals surface area contributed by atoms with Gasteiger partial charge in [0.25, 0.3) is 6.71 Å². The third kappa shape index (κ3) is 5.19. The van der Waals surface area contributed by atoms with E-state index in [4.69, 9.17) is 9.15 Å². The molecule has 0 spiro atoms. The third-order valence-electron chi connectivity index (χ3n) is 11.5. The van der Waals surface area contributed by atoms with Crippen molar-refractivity contribution in [3.8, 4) is 33.8 Å². The topological polar surface area (TPSA) is 25.6 Å². The third-order valence-corrected chi connectivity index (χ3v) is 11.5. The monoisotopic (exact) mass is 699 g/mol. The molecule has 8 aromatic rings. The molecule has 4 heteroatoms. The van der Waals surface area contributed by atoms with Crippen LogP contribution in [0.2, 0.25) is 0 Å². The number of rotatable bonds is 6. The minimum absolute atomic E-state index is 0.0364. The molecule has 7 aromatic carbocycles. The molecule has 3 nitrogen and oxygen atoms in total. The molecule has 0 unspecified atom stereocenters. The van der Waals surface area contributed by atoms with E-state index in [0.717, 1.165) is 52.7 Å². The second-order valence-corrected chi connectivity index (χ2v) is 15.9. The van der Waals surface area contributed by atoms with Crippen LogP contribution in [0.1, 0.15) is 51.7 Å². The Labute approximate surface area is 317 Å². The van der Waals surface area contributed by atoms with Crippen LogP contribution >= 0.6 is 0 Å². The predicted octanol–water partition coefficient (Wildman–Crippen LogP) is 12.0. The zero-order valence-corrected chi connectivity index (χ0v) is 31.3. The fourth-order valence-electron chi connectivity index (χ4n) is 8.72.